The number of rotatable bonds is 5. The monoisotopic (exact) mass is 204 g/mol. The Labute approximate surface area is 92.2 Å². The van der Waals surface area contributed by atoms with Crippen LogP contribution >= 0.6 is 0 Å². The third-order valence-corrected chi connectivity index (χ3v) is 2.81. The Morgan fingerprint density at radius 2 is 1.80 bits per heavy atom. The van der Waals surface area contributed by atoms with E-state index in [1.54, 1.807) is 6.07 Å². The molecule has 0 aliphatic carbocycles. The topological polar surface area (TPSA) is 17.1 Å². The summed E-state index contributed by atoms with van der Waals surface area (Å²) in [6.07, 6.45) is 6.05. The predicted octanol–water partition coefficient (Wildman–Crippen LogP) is 3.48. The zero-order valence-corrected chi connectivity index (χ0v) is 9.75. The normalized spacial score (nSPS) is 10.3. The maximum Gasteiger partial charge on any atom is 0.181 e. The molecular formula is C14H20O. The summed E-state index contributed by atoms with van der Waals surface area (Å²) in [6, 6.07) is 7.50. The molecular weight excluding hydrogens is 184 g/mol. The average Bonchev–Trinajstić information content (AvgIpc) is 2.39. The van der Waals surface area contributed by atoms with Crippen LogP contribution in [-0.2, 0) is 6.42 Å². The van der Waals surface area contributed by atoms with Gasteiger partial charge in [-0.1, -0.05) is 44.4 Å². The highest BCUT2D eigenvalue weighted by molar-refractivity contribution is 5.24. The van der Waals surface area contributed by atoms with Crippen LogP contribution in [0, 0.1) is 6.92 Å². The molecule has 0 aliphatic rings. The summed E-state index contributed by atoms with van der Waals surface area (Å²) >= 11 is 0. The quantitative estimate of drug-likeness (QED) is 0.671. The smallest absolute Gasteiger partial charge is 0.181 e. The fourth-order valence-corrected chi connectivity index (χ4v) is 1.74. The molecule has 82 valence electrons. The van der Waals surface area contributed by atoms with Crippen LogP contribution in [0.3, 0.4) is 0 Å². The first-order chi connectivity index (χ1) is 7.25. The summed E-state index contributed by atoms with van der Waals surface area (Å²) in [5.41, 5.74) is 2.28. The van der Waals surface area contributed by atoms with Gasteiger partial charge < -0.3 is 0 Å². The standard InChI is InChI=1S/C14H20O/c1-3-4-5-6-9-13-10-7-8-11-14(15)12(13)2/h7-8,10-11H,3-6,9H2,1-2H3. The molecule has 0 saturated heterocycles. The van der Waals surface area contributed by atoms with Crippen LogP contribution in [0.2, 0.25) is 0 Å². The van der Waals surface area contributed by atoms with Crippen molar-refractivity contribution in [1.82, 2.24) is 0 Å². The van der Waals surface area contributed by atoms with Gasteiger partial charge in [-0.2, -0.15) is 0 Å². The first-order valence-corrected chi connectivity index (χ1v) is 5.84. The minimum atomic E-state index is 0.158. The Morgan fingerprint density at radius 1 is 1.07 bits per heavy atom. The largest absolute Gasteiger partial charge is 0.290 e. The van der Waals surface area contributed by atoms with Crippen molar-refractivity contribution in [2.75, 3.05) is 0 Å². The summed E-state index contributed by atoms with van der Waals surface area (Å²) in [5.74, 6) is 0. The van der Waals surface area contributed by atoms with Crippen LogP contribution in [0.4, 0.5) is 0 Å². The molecule has 0 radical (unpaired) electrons. The van der Waals surface area contributed by atoms with Gasteiger partial charge in [-0.05, 0) is 37.0 Å². The van der Waals surface area contributed by atoms with Gasteiger partial charge in [-0.15, -0.1) is 0 Å². The fourth-order valence-electron chi connectivity index (χ4n) is 1.74. The first kappa shape index (κ1) is 12.0. The molecule has 1 heteroatoms. The molecule has 0 heterocycles. The van der Waals surface area contributed by atoms with Gasteiger partial charge in [0.2, 0.25) is 0 Å². The second-order valence-corrected chi connectivity index (χ2v) is 4.04. The lowest BCUT2D eigenvalue weighted by Crippen LogP contribution is -2.02. The molecule has 0 aliphatic heterocycles. The molecule has 0 unspecified atom stereocenters. The molecule has 1 aromatic rings. The van der Waals surface area contributed by atoms with E-state index >= 15 is 0 Å². The number of hydrogen-bond donors (Lipinski definition) is 0. The molecule has 0 spiro atoms. The Hall–Kier alpha value is -1.11. The van der Waals surface area contributed by atoms with Crippen molar-refractivity contribution in [3.63, 3.8) is 0 Å². The lowest BCUT2D eigenvalue weighted by molar-refractivity contribution is 0.666. The van der Waals surface area contributed by atoms with Crippen LogP contribution in [0.5, 0.6) is 0 Å². The average molecular weight is 204 g/mol. The number of unbranched alkanes of at least 4 members (excludes halogenated alkanes) is 3. The van der Waals surface area contributed by atoms with Crippen LogP contribution in [0.15, 0.2) is 29.1 Å². The molecule has 0 bridgehead atoms. The van der Waals surface area contributed by atoms with Crippen LogP contribution in [0.1, 0.15) is 43.7 Å². The molecule has 0 aromatic heterocycles. The molecule has 0 amide bonds. The number of hydrogen-bond acceptors (Lipinski definition) is 1. The zero-order valence-electron chi connectivity index (χ0n) is 9.75. The Balaban J connectivity index is 2.66. The van der Waals surface area contributed by atoms with Crippen LogP contribution in [-0.4, -0.2) is 0 Å². The van der Waals surface area contributed by atoms with E-state index in [0.717, 1.165) is 12.0 Å². The summed E-state index contributed by atoms with van der Waals surface area (Å²) in [5, 5.41) is 0. The van der Waals surface area contributed by atoms with Gasteiger partial charge in [0, 0.05) is 0 Å². The highest BCUT2D eigenvalue weighted by atomic mass is 16.1. The van der Waals surface area contributed by atoms with Gasteiger partial charge >= 0.3 is 0 Å². The summed E-state index contributed by atoms with van der Waals surface area (Å²) in [7, 11) is 0. The van der Waals surface area contributed by atoms with Gasteiger partial charge in [0.15, 0.2) is 5.43 Å². The Bertz CT molecular complexity index is 355. The second-order valence-electron chi connectivity index (χ2n) is 4.04. The molecule has 1 nitrogen and oxygen atoms in total. The third-order valence-electron chi connectivity index (χ3n) is 2.81. The Kier molecular flexibility index (Phi) is 5.09. The van der Waals surface area contributed by atoms with Gasteiger partial charge in [0.25, 0.3) is 0 Å². The molecule has 0 saturated carbocycles. The highest BCUT2D eigenvalue weighted by Gasteiger charge is 1.99. The second kappa shape index (κ2) is 6.39. The van der Waals surface area contributed by atoms with E-state index in [9.17, 15) is 4.79 Å². The van der Waals surface area contributed by atoms with Gasteiger partial charge in [-0.25, -0.2) is 0 Å². The van der Waals surface area contributed by atoms with Crippen molar-refractivity contribution in [2.24, 2.45) is 0 Å². The van der Waals surface area contributed by atoms with Crippen LogP contribution in [0.25, 0.3) is 0 Å². The van der Waals surface area contributed by atoms with E-state index < -0.39 is 0 Å². The van der Waals surface area contributed by atoms with Crippen molar-refractivity contribution < 1.29 is 0 Å². The van der Waals surface area contributed by atoms with Crippen molar-refractivity contribution in [3.05, 3.63) is 45.6 Å². The van der Waals surface area contributed by atoms with Crippen LogP contribution < -0.4 is 5.43 Å². The van der Waals surface area contributed by atoms with Crippen molar-refractivity contribution in [2.45, 2.75) is 46.0 Å². The van der Waals surface area contributed by atoms with E-state index in [1.807, 2.05) is 19.1 Å². The molecule has 0 N–H and O–H groups in total. The maximum atomic E-state index is 11.5. The Morgan fingerprint density at radius 3 is 2.53 bits per heavy atom. The van der Waals surface area contributed by atoms with Gasteiger partial charge in [0.05, 0.1) is 0 Å². The van der Waals surface area contributed by atoms with E-state index in [-0.39, 0.29) is 5.43 Å². The van der Waals surface area contributed by atoms with Crippen molar-refractivity contribution in [1.29, 1.82) is 0 Å². The molecule has 1 aromatic carbocycles. The number of aryl methyl sites for hydroxylation is 1. The maximum absolute atomic E-state index is 11.5. The molecule has 1 rings (SSSR count). The first-order valence-electron chi connectivity index (χ1n) is 5.84. The third kappa shape index (κ3) is 3.86. The molecule has 0 fully saturated rings. The van der Waals surface area contributed by atoms with E-state index in [0.29, 0.717) is 0 Å². The minimum Gasteiger partial charge on any atom is -0.290 e. The van der Waals surface area contributed by atoms with Crippen molar-refractivity contribution >= 4 is 0 Å². The molecule has 0 atom stereocenters. The predicted molar refractivity (Wildman–Crippen MR) is 65.3 cm³/mol. The summed E-state index contributed by atoms with van der Waals surface area (Å²) < 4.78 is 0. The van der Waals surface area contributed by atoms with E-state index in [2.05, 4.69) is 13.0 Å². The summed E-state index contributed by atoms with van der Waals surface area (Å²) in [4.78, 5) is 11.5. The lowest BCUT2D eigenvalue weighted by Gasteiger charge is -2.01. The molecule has 15 heavy (non-hydrogen) atoms. The van der Waals surface area contributed by atoms with E-state index in [4.69, 9.17) is 0 Å². The fraction of sp³-hybridized carbons (Fsp3) is 0.500. The zero-order chi connectivity index (χ0) is 11.1. The van der Waals surface area contributed by atoms with E-state index in [1.165, 1.54) is 31.2 Å². The SMILES string of the molecule is CCCCCCc1ccccc(=O)c1C. The lowest BCUT2D eigenvalue weighted by atomic mass is 10.0. The van der Waals surface area contributed by atoms with Gasteiger partial charge in [-0.3, -0.25) is 4.79 Å². The van der Waals surface area contributed by atoms with Gasteiger partial charge in [0.1, 0.15) is 0 Å². The minimum absolute atomic E-state index is 0.158. The van der Waals surface area contributed by atoms with Crippen molar-refractivity contribution in [3.8, 4) is 0 Å². The summed E-state index contributed by atoms with van der Waals surface area (Å²) in [6.45, 7) is 4.14. The highest BCUT2D eigenvalue weighted by Crippen LogP contribution is 2.08.